The Morgan fingerprint density at radius 3 is 0.534 bits per heavy atom. The van der Waals surface area contributed by atoms with Gasteiger partial charge in [0, 0.05) is 0 Å². The zero-order valence-corrected chi connectivity index (χ0v) is 30.2. The Morgan fingerprint density at radius 2 is 0.379 bits per heavy atom. The predicted octanol–water partition coefficient (Wildman–Crippen LogP) is 10.9. The van der Waals surface area contributed by atoms with Crippen LogP contribution in [0.5, 0.6) is 0 Å². The van der Waals surface area contributed by atoms with Crippen LogP contribution in [0.4, 0.5) is 0 Å². The molecule has 0 saturated carbocycles. The first-order valence-corrected chi connectivity index (χ1v) is 15.9. The highest BCUT2D eigenvalue weighted by atomic mass is 16.1. The molecule has 6 aromatic carbocycles. The number of benzene rings is 6. The molecule has 12 heteroatoms. The molecule has 0 amide bonds. The van der Waals surface area contributed by atoms with E-state index in [2.05, 4.69) is 109 Å². The van der Waals surface area contributed by atoms with Crippen molar-refractivity contribution in [2.45, 2.75) is 27.7 Å². The molecule has 0 aliphatic heterocycles. The molecule has 0 unspecified atom stereocenters. The van der Waals surface area contributed by atoms with Crippen molar-refractivity contribution in [2.24, 2.45) is 0 Å². The Morgan fingerprint density at radius 1 is 0.259 bits per heavy atom. The lowest BCUT2D eigenvalue weighted by atomic mass is 9.81. The maximum Gasteiger partial charge on any atom is 0.231 e. The summed E-state index contributed by atoms with van der Waals surface area (Å²) >= 11 is 0. The van der Waals surface area contributed by atoms with Crippen LogP contribution in [0.15, 0.2) is 182 Å². The molecule has 1 aliphatic rings. The molecule has 58 heavy (non-hydrogen) atoms. The monoisotopic (exact) mass is 780 g/mol. The minimum Gasteiger partial charge on any atom is -0.222 e. The van der Waals surface area contributed by atoms with Crippen molar-refractivity contribution in [3.05, 3.63) is 193 Å². The minimum atomic E-state index is 0. The Labute approximate surface area is 340 Å². The summed E-state index contributed by atoms with van der Waals surface area (Å²) in [5.41, 5.74) is 8.41. The lowest BCUT2D eigenvalue weighted by molar-refractivity contribution is 0.562. The van der Waals surface area contributed by atoms with Crippen LogP contribution in [-0.4, -0.2) is 36.5 Å². The van der Waals surface area contributed by atoms with Gasteiger partial charge in [-0.05, 0) is 46.2 Å². The highest BCUT2D eigenvalue weighted by Gasteiger charge is 2.19. The molecule has 0 aromatic heterocycles. The van der Waals surface area contributed by atoms with E-state index < -0.39 is 0 Å². The Balaban J connectivity index is -0.000000193. The van der Waals surface area contributed by atoms with Crippen LogP contribution in [0.2, 0.25) is 0 Å². The van der Waals surface area contributed by atoms with Crippen molar-refractivity contribution >= 4 is 36.5 Å². The first kappa shape index (κ1) is 58.9. The summed E-state index contributed by atoms with van der Waals surface area (Å²) in [5.74, 6) is 0. The van der Waals surface area contributed by atoms with Crippen molar-refractivity contribution in [3.8, 4) is 22.3 Å². The minimum absolute atomic E-state index is 0. The maximum atomic E-state index is 8.35. The number of hydrogen-bond donors (Lipinski definition) is 6. The fourth-order valence-corrected chi connectivity index (χ4v) is 4.19. The highest BCUT2D eigenvalue weighted by molar-refractivity contribution is 6.02. The number of hydrogen-bond acceptors (Lipinski definition) is 12. The van der Waals surface area contributed by atoms with E-state index in [0.29, 0.717) is 0 Å². The summed E-state index contributed by atoms with van der Waals surface area (Å²) in [5, 5.41) is 32.4. The average molecular weight is 781 g/mol. The van der Waals surface area contributed by atoms with Gasteiger partial charge in [0.2, 0.25) is 36.5 Å². The fraction of sp³-hybridized carbons (Fsp3) is 0.0870. The molecular formula is C46H48N6O6. The van der Waals surface area contributed by atoms with Crippen LogP contribution in [-0.2, 0) is 41.6 Å². The Kier molecular flexibility index (Phi) is 49.4. The van der Waals surface area contributed by atoms with Crippen molar-refractivity contribution < 1.29 is 28.8 Å². The molecular weight excluding hydrogens is 733 g/mol. The molecule has 0 fully saturated rings. The van der Waals surface area contributed by atoms with Gasteiger partial charge in [-0.25, -0.2) is 61.2 Å². The third kappa shape index (κ3) is 34.7. The first-order valence-electron chi connectivity index (χ1n) is 15.9. The third-order valence-electron chi connectivity index (χ3n) is 6.16. The SMILES string of the molecule is C.C.N=C=O.N=C=O.N=C=O.N=C=O.N=C=O.N=C=O.c1ccc(CCc2ccccc2)cc1.c1ccc2c(c1)-c1ccccc1-2.c1ccccc1.c1ccccc1. The van der Waals surface area contributed by atoms with E-state index in [1.807, 2.05) is 72.8 Å². The standard InChI is InChI=1S/C14H14.C12H8.2C6H6.6CHNO.2CH4/c1-3-7-13(8-4-1)11-12-14-9-5-2-6-10-14;1-2-6-10-9(5-1)11-7-3-4-8-12(10)11;2*1-2-4-6-5-3-1;6*2-1-3;;/h1-10H,11-12H2;1-8H;2*1-6H;6*2H;2*1H4. The van der Waals surface area contributed by atoms with Gasteiger partial charge in [0.25, 0.3) is 0 Å². The van der Waals surface area contributed by atoms with Crippen LogP contribution < -0.4 is 0 Å². The zero-order valence-electron chi connectivity index (χ0n) is 30.2. The molecule has 6 aromatic rings. The second-order valence-corrected chi connectivity index (χ2v) is 9.48. The van der Waals surface area contributed by atoms with E-state index in [-0.39, 0.29) is 14.9 Å². The van der Waals surface area contributed by atoms with Gasteiger partial charge in [-0.2, -0.15) is 0 Å². The quantitative estimate of drug-likeness (QED) is 0.0751. The third-order valence-corrected chi connectivity index (χ3v) is 6.16. The number of aryl methyl sites for hydroxylation is 2. The van der Waals surface area contributed by atoms with Crippen molar-refractivity contribution in [1.82, 2.24) is 0 Å². The molecule has 1 aliphatic carbocycles. The number of nitrogens with one attached hydrogen (secondary N) is 6. The summed E-state index contributed by atoms with van der Waals surface area (Å²) < 4.78 is 0. The lowest BCUT2D eigenvalue weighted by Gasteiger charge is -2.22. The largest absolute Gasteiger partial charge is 0.231 e. The molecule has 0 saturated heterocycles. The molecule has 0 atom stereocenters. The molecule has 298 valence electrons. The van der Waals surface area contributed by atoms with E-state index in [1.54, 1.807) is 0 Å². The number of isocyanates is 6. The van der Waals surface area contributed by atoms with Crippen molar-refractivity contribution in [2.75, 3.05) is 0 Å². The Bertz CT molecular complexity index is 1710. The van der Waals surface area contributed by atoms with Crippen molar-refractivity contribution in [1.29, 1.82) is 32.5 Å². The molecule has 0 bridgehead atoms. The molecule has 0 spiro atoms. The van der Waals surface area contributed by atoms with Gasteiger partial charge in [0.05, 0.1) is 0 Å². The lowest BCUT2D eigenvalue weighted by Crippen LogP contribution is -1.96. The Hall–Kier alpha value is -8.40. The predicted molar refractivity (Wildman–Crippen MR) is 228 cm³/mol. The van der Waals surface area contributed by atoms with Gasteiger partial charge in [-0.3, -0.25) is 0 Å². The average Bonchev–Trinajstić information content (AvgIpc) is 3.24. The van der Waals surface area contributed by atoms with E-state index in [0.717, 1.165) is 49.3 Å². The normalized spacial score (nSPS) is 7.24. The smallest absolute Gasteiger partial charge is 0.222 e. The van der Waals surface area contributed by atoms with Gasteiger partial charge in [0.15, 0.2) is 0 Å². The van der Waals surface area contributed by atoms with Gasteiger partial charge >= 0.3 is 0 Å². The van der Waals surface area contributed by atoms with Gasteiger partial charge in [-0.1, -0.05) is 197 Å². The second-order valence-electron chi connectivity index (χ2n) is 9.48. The number of rotatable bonds is 3. The summed E-state index contributed by atoms with van der Waals surface area (Å²) in [6.07, 6.45) is 6.76. The number of carbonyl (C=O) groups excluding carboxylic acids is 6. The zero-order chi connectivity index (χ0) is 42.3. The van der Waals surface area contributed by atoms with E-state index >= 15 is 0 Å². The van der Waals surface area contributed by atoms with Crippen LogP contribution in [0.1, 0.15) is 26.0 Å². The first-order chi connectivity index (χ1) is 27.4. The second kappa shape index (κ2) is 48.6. The van der Waals surface area contributed by atoms with Crippen LogP contribution >= 0.6 is 0 Å². The summed E-state index contributed by atoms with van der Waals surface area (Å²) in [6.45, 7) is 0. The summed E-state index contributed by atoms with van der Waals surface area (Å²) in [7, 11) is 0. The number of fused-ring (bicyclic) bond motifs is 4. The van der Waals surface area contributed by atoms with E-state index in [4.69, 9.17) is 61.2 Å². The van der Waals surface area contributed by atoms with Crippen LogP contribution in [0, 0.1) is 32.5 Å². The molecule has 0 heterocycles. The van der Waals surface area contributed by atoms with Crippen molar-refractivity contribution in [3.63, 3.8) is 0 Å². The molecule has 7 rings (SSSR count). The maximum absolute atomic E-state index is 8.35. The molecule has 0 radical (unpaired) electrons. The van der Waals surface area contributed by atoms with Crippen LogP contribution in [0.25, 0.3) is 22.3 Å². The van der Waals surface area contributed by atoms with E-state index in [1.165, 1.54) is 33.4 Å². The van der Waals surface area contributed by atoms with Crippen LogP contribution in [0.3, 0.4) is 0 Å². The molecule has 12 nitrogen and oxygen atoms in total. The van der Waals surface area contributed by atoms with Gasteiger partial charge in [0.1, 0.15) is 0 Å². The van der Waals surface area contributed by atoms with Gasteiger partial charge < -0.3 is 0 Å². The summed E-state index contributed by atoms with van der Waals surface area (Å²) in [4.78, 5) is 50.1. The van der Waals surface area contributed by atoms with Gasteiger partial charge in [-0.15, -0.1) is 0 Å². The fourth-order valence-electron chi connectivity index (χ4n) is 4.19. The molecule has 6 N–H and O–H groups in total. The highest BCUT2D eigenvalue weighted by Crippen LogP contribution is 2.46. The van der Waals surface area contributed by atoms with E-state index in [9.17, 15) is 0 Å². The summed E-state index contributed by atoms with van der Waals surface area (Å²) in [6, 6.07) is 62.3. The topological polar surface area (TPSA) is 246 Å².